The highest BCUT2D eigenvalue weighted by Crippen LogP contribution is 2.26. The quantitative estimate of drug-likeness (QED) is 0.881. The SMILES string of the molecule is CN(CC(=O)N1CCNCC1)c1c(C#N)nnc2ccccc12. The molecule has 1 saturated heterocycles. The maximum Gasteiger partial charge on any atom is 0.242 e. The van der Waals surface area contributed by atoms with Gasteiger partial charge in [-0.05, 0) is 6.07 Å². The minimum absolute atomic E-state index is 0.0544. The first kappa shape index (κ1) is 15.2. The molecule has 1 N–H and O–H groups in total. The molecule has 2 heterocycles. The lowest BCUT2D eigenvalue weighted by molar-refractivity contribution is -0.130. The fourth-order valence-corrected chi connectivity index (χ4v) is 2.80. The predicted octanol–water partition coefficient (Wildman–Crippen LogP) is 0.369. The number of amides is 1. The summed E-state index contributed by atoms with van der Waals surface area (Å²) in [6, 6.07) is 9.58. The van der Waals surface area contributed by atoms with Crippen LogP contribution in [0.3, 0.4) is 0 Å². The van der Waals surface area contributed by atoms with Crippen molar-refractivity contribution < 1.29 is 4.79 Å². The third-order valence-corrected chi connectivity index (χ3v) is 3.97. The molecule has 118 valence electrons. The molecule has 0 saturated carbocycles. The third kappa shape index (κ3) is 3.07. The van der Waals surface area contributed by atoms with E-state index < -0.39 is 0 Å². The van der Waals surface area contributed by atoms with Crippen molar-refractivity contribution in [1.29, 1.82) is 5.26 Å². The van der Waals surface area contributed by atoms with Gasteiger partial charge in [-0.15, -0.1) is 10.2 Å². The number of aromatic nitrogens is 2. The van der Waals surface area contributed by atoms with Crippen molar-refractivity contribution in [3.8, 4) is 6.07 Å². The van der Waals surface area contributed by atoms with Gasteiger partial charge in [0.1, 0.15) is 6.07 Å². The van der Waals surface area contributed by atoms with Gasteiger partial charge < -0.3 is 15.1 Å². The van der Waals surface area contributed by atoms with Gasteiger partial charge in [-0.3, -0.25) is 4.79 Å². The minimum Gasteiger partial charge on any atom is -0.362 e. The highest BCUT2D eigenvalue weighted by molar-refractivity contribution is 5.95. The van der Waals surface area contributed by atoms with E-state index in [1.807, 2.05) is 36.2 Å². The van der Waals surface area contributed by atoms with Crippen molar-refractivity contribution in [1.82, 2.24) is 20.4 Å². The zero-order valence-electron chi connectivity index (χ0n) is 13.0. The van der Waals surface area contributed by atoms with Crippen LogP contribution >= 0.6 is 0 Å². The second-order valence-corrected chi connectivity index (χ2v) is 5.51. The number of likely N-dealkylation sites (N-methyl/N-ethyl adjacent to an activating group) is 1. The van der Waals surface area contributed by atoms with Crippen LogP contribution in [0.5, 0.6) is 0 Å². The van der Waals surface area contributed by atoms with Gasteiger partial charge in [0.25, 0.3) is 0 Å². The molecule has 0 spiro atoms. The second-order valence-electron chi connectivity index (χ2n) is 5.51. The van der Waals surface area contributed by atoms with Crippen LogP contribution in [0.25, 0.3) is 10.9 Å². The van der Waals surface area contributed by atoms with Gasteiger partial charge in [-0.25, -0.2) is 0 Å². The molecule has 0 radical (unpaired) electrons. The highest BCUT2D eigenvalue weighted by Gasteiger charge is 2.21. The van der Waals surface area contributed by atoms with Crippen molar-refractivity contribution in [2.24, 2.45) is 0 Å². The van der Waals surface area contributed by atoms with E-state index in [1.165, 1.54) is 0 Å². The van der Waals surface area contributed by atoms with Crippen LogP contribution in [-0.4, -0.2) is 60.8 Å². The number of hydrogen-bond donors (Lipinski definition) is 1. The van der Waals surface area contributed by atoms with Gasteiger partial charge in [-0.2, -0.15) is 5.26 Å². The molecule has 7 heteroatoms. The van der Waals surface area contributed by atoms with E-state index in [0.717, 1.165) is 18.5 Å². The largest absolute Gasteiger partial charge is 0.362 e. The molecular formula is C16H18N6O. The maximum atomic E-state index is 12.5. The zero-order valence-corrected chi connectivity index (χ0v) is 13.0. The number of nitrogens with one attached hydrogen (secondary N) is 1. The molecule has 1 aromatic heterocycles. The Labute approximate surface area is 134 Å². The fraction of sp³-hybridized carbons (Fsp3) is 0.375. The minimum atomic E-state index is 0.0544. The van der Waals surface area contributed by atoms with E-state index in [9.17, 15) is 10.1 Å². The first-order valence-electron chi connectivity index (χ1n) is 7.56. The number of carbonyl (C=O) groups excluding carboxylic acids is 1. The summed E-state index contributed by atoms with van der Waals surface area (Å²) in [4.78, 5) is 16.1. The molecule has 0 atom stereocenters. The summed E-state index contributed by atoms with van der Waals surface area (Å²) in [6.07, 6.45) is 0. The molecule has 1 amide bonds. The molecule has 3 rings (SSSR count). The van der Waals surface area contributed by atoms with Crippen molar-refractivity contribution >= 4 is 22.5 Å². The topological polar surface area (TPSA) is 85.2 Å². The number of fused-ring (bicyclic) bond motifs is 1. The van der Waals surface area contributed by atoms with E-state index in [1.54, 1.807) is 4.90 Å². The summed E-state index contributed by atoms with van der Waals surface area (Å²) in [6.45, 7) is 3.28. The summed E-state index contributed by atoms with van der Waals surface area (Å²) >= 11 is 0. The zero-order chi connectivity index (χ0) is 16.2. The predicted molar refractivity (Wildman–Crippen MR) is 87.0 cm³/mol. The number of nitrogens with zero attached hydrogens (tertiary/aromatic N) is 5. The van der Waals surface area contributed by atoms with E-state index in [-0.39, 0.29) is 18.1 Å². The second kappa shape index (κ2) is 6.58. The Hall–Kier alpha value is -2.72. The smallest absolute Gasteiger partial charge is 0.242 e. The number of piperazine rings is 1. The first-order chi connectivity index (χ1) is 11.2. The summed E-state index contributed by atoms with van der Waals surface area (Å²) in [7, 11) is 1.81. The van der Waals surface area contributed by atoms with Crippen molar-refractivity contribution in [2.75, 3.05) is 44.7 Å². The Morgan fingerprint density at radius 3 is 2.83 bits per heavy atom. The van der Waals surface area contributed by atoms with Crippen LogP contribution in [-0.2, 0) is 4.79 Å². The van der Waals surface area contributed by atoms with E-state index in [2.05, 4.69) is 21.6 Å². The molecule has 1 aliphatic rings. The van der Waals surface area contributed by atoms with Crippen LogP contribution in [0.1, 0.15) is 5.69 Å². The molecule has 0 aliphatic carbocycles. The van der Waals surface area contributed by atoms with Crippen molar-refractivity contribution in [3.63, 3.8) is 0 Å². The average Bonchev–Trinajstić information content (AvgIpc) is 2.61. The normalized spacial score (nSPS) is 14.5. The van der Waals surface area contributed by atoms with Gasteiger partial charge >= 0.3 is 0 Å². The number of hydrogen-bond acceptors (Lipinski definition) is 6. The van der Waals surface area contributed by atoms with Gasteiger partial charge in [0.2, 0.25) is 5.91 Å². The third-order valence-electron chi connectivity index (χ3n) is 3.97. The van der Waals surface area contributed by atoms with E-state index >= 15 is 0 Å². The Bertz CT molecular complexity index is 763. The van der Waals surface area contributed by atoms with Crippen LogP contribution in [0.4, 0.5) is 5.69 Å². The number of benzene rings is 1. The Morgan fingerprint density at radius 1 is 1.35 bits per heavy atom. The molecule has 0 bridgehead atoms. The van der Waals surface area contributed by atoms with Crippen molar-refractivity contribution in [3.05, 3.63) is 30.0 Å². The lowest BCUT2D eigenvalue weighted by Gasteiger charge is -2.30. The van der Waals surface area contributed by atoms with Gasteiger partial charge in [0.15, 0.2) is 5.69 Å². The molecule has 0 unspecified atom stereocenters. The monoisotopic (exact) mass is 310 g/mol. The van der Waals surface area contributed by atoms with Crippen LogP contribution < -0.4 is 10.2 Å². The number of anilines is 1. The standard InChI is InChI=1S/C16H18N6O/c1-21(11-15(23)22-8-6-18-7-9-22)16-12-4-2-3-5-13(12)19-20-14(16)10-17/h2-5,18H,6-9,11H2,1H3. The van der Waals surface area contributed by atoms with Crippen LogP contribution in [0.15, 0.2) is 24.3 Å². The highest BCUT2D eigenvalue weighted by atomic mass is 16.2. The molecule has 1 aromatic carbocycles. The molecular weight excluding hydrogens is 292 g/mol. The number of nitriles is 1. The molecule has 7 nitrogen and oxygen atoms in total. The summed E-state index contributed by atoms with van der Waals surface area (Å²) in [5.74, 6) is 0.0544. The Morgan fingerprint density at radius 2 is 2.09 bits per heavy atom. The summed E-state index contributed by atoms with van der Waals surface area (Å²) in [5.41, 5.74) is 1.60. The first-order valence-corrected chi connectivity index (χ1v) is 7.56. The maximum absolute atomic E-state index is 12.5. The lowest BCUT2D eigenvalue weighted by Crippen LogP contribution is -2.49. The fourth-order valence-electron chi connectivity index (χ4n) is 2.80. The Balaban J connectivity index is 1.89. The Kier molecular flexibility index (Phi) is 4.35. The van der Waals surface area contributed by atoms with Crippen LogP contribution in [0, 0.1) is 11.3 Å². The van der Waals surface area contributed by atoms with E-state index in [4.69, 9.17) is 0 Å². The molecule has 1 fully saturated rings. The number of carbonyl (C=O) groups is 1. The molecule has 23 heavy (non-hydrogen) atoms. The van der Waals surface area contributed by atoms with Gasteiger partial charge in [-0.1, -0.05) is 18.2 Å². The van der Waals surface area contributed by atoms with E-state index in [0.29, 0.717) is 24.3 Å². The van der Waals surface area contributed by atoms with Crippen LogP contribution in [0.2, 0.25) is 0 Å². The summed E-state index contributed by atoms with van der Waals surface area (Å²) in [5, 5.41) is 21.4. The van der Waals surface area contributed by atoms with Crippen molar-refractivity contribution in [2.45, 2.75) is 0 Å². The molecule has 1 aliphatic heterocycles. The van der Waals surface area contributed by atoms with Gasteiger partial charge in [0.05, 0.1) is 17.7 Å². The average molecular weight is 310 g/mol. The number of rotatable bonds is 3. The lowest BCUT2D eigenvalue weighted by atomic mass is 10.1. The molecule has 2 aromatic rings. The van der Waals surface area contributed by atoms with Gasteiger partial charge in [0, 0.05) is 38.6 Å². The summed E-state index contributed by atoms with van der Waals surface area (Å²) < 4.78 is 0.